The summed E-state index contributed by atoms with van der Waals surface area (Å²) in [7, 11) is -4.47. The van der Waals surface area contributed by atoms with Crippen LogP contribution in [0.5, 0.6) is 0 Å². The van der Waals surface area contributed by atoms with E-state index in [9.17, 15) is 31.5 Å². The fourth-order valence-electron chi connectivity index (χ4n) is 3.91. The van der Waals surface area contributed by atoms with Crippen molar-refractivity contribution in [3.8, 4) is 11.1 Å². The quantitative estimate of drug-likeness (QED) is 0.407. The van der Waals surface area contributed by atoms with Crippen molar-refractivity contribution in [2.45, 2.75) is 23.1 Å². The highest BCUT2D eigenvalue weighted by Gasteiger charge is 2.26. The highest BCUT2D eigenvalue weighted by molar-refractivity contribution is 7.91. The Kier molecular flexibility index (Phi) is 5.71. The van der Waals surface area contributed by atoms with E-state index in [1.54, 1.807) is 19.1 Å². The lowest BCUT2D eigenvalue weighted by molar-refractivity contribution is -0.136. The summed E-state index contributed by atoms with van der Waals surface area (Å²) < 4.78 is 67.8. The van der Waals surface area contributed by atoms with Crippen LogP contribution in [0.25, 0.3) is 21.9 Å². The predicted molar refractivity (Wildman–Crippen MR) is 117 cm³/mol. The van der Waals surface area contributed by atoms with Crippen LogP contribution in [0.3, 0.4) is 0 Å². The van der Waals surface area contributed by atoms with Crippen molar-refractivity contribution < 1.29 is 31.5 Å². The van der Waals surface area contributed by atoms with Crippen LogP contribution in [-0.4, -0.2) is 19.5 Å². The molecule has 0 aliphatic heterocycles. The average molecular weight is 470 g/mol. The minimum atomic E-state index is -4.47. The van der Waals surface area contributed by atoms with E-state index in [0.29, 0.717) is 33.0 Å². The van der Waals surface area contributed by atoms with E-state index < -0.39 is 38.2 Å². The molecule has 33 heavy (non-hydrogen) atoms. The number of carboxylic acid groups (broad SMARTS) is 1. The molecular weight excluding hydrogens is 453 g/mol. The molecule has 0 amide bonds. The van der Waals surface area contributed by atoms with Crippen LogP contribution < -0.4 is 0 Å². The number of halogens is 3. The van der Waals surface area contributed by atoms with Gasteiger partial charge in [0.2, 0.25) is 9.84 Å². The molecule has 1 N–H and O–H groups in total. The Morgan fingerprint density at radius 2 is 1.55 bits per heavy atom. The number of carbonyl (C=O) groups is 1. The van der Waals surface area contributed by atoms with Crippen molar-refractivity contribution in [2.75, 3.05) is 0 Å². The standard InChI is InChI=1S/C25H17F3O4S/c1-14-17(12-23(29)30)11-16-5-8-18(26)13-20(16)24(14)15-6-9-19(10-7-15)33(31,32)25-21(27)3-2-4-22(25)28/h2-11,13H,12H2,1H3,(H,29,30). The van der Waals surface area contributed by atoms with Crippen LogP contribution in [0.4, 0.5) is 13.2 Å². The maximum atomic E-state index is 14.1. The highest BCUT2D eigenvalue weighted by atomic mass is 32.2. The summed E-state index contributed by atoms with van der Waals surface area (Å²) in [5, 5.41) is 10.4. The van der Waals surface area contributed by atoms with Gasteiger partial charge in [-0.25, -0.2) is 21.6 Å². The Hall–Kier alpha value is -3.65. The second kappa shape index (κ2) is 8.37. The van der Waals surface area contributed by atoms with Crippen molar-refractivity contribution in [1.29, 1.82) is 0 Å². The van der Waals surface area contributed by atoms with Gasteiger partial charge < -0.3 is 5.11 Å². The Bertz CT molecular complexity index is 1490. The number of benzene rings is 4. The van der Waals surface area contributed by atoms with E-state index in [2.05, 4.69) is 0 Å². The lowest BCUT2D eigenvalue weighted by Gasteiger charge is -2.16. The van der Waals surface area contributed by atoms with Crippen molar-refractivity contribution in [3.63, 3.8) is 0 Å². The number of carboxylic acids is 1. The molecule has 0 aliphatic carbocycles. The fraction of sp³-hybridized carbons (Fsp3) is 0.0800. The van der Waals surface area contributed by atoms with E-state index in [1.807, 2.05) is 0 Å². The van der Waals surface area contributed by atoms with Gasteiger partial charge in [-0.15, -0.1) is 0 Å². The van der Waals surface area contributed by atoms with Crippen molar-refractivity contribution in [3.05, 3.63) is 95.3 Å². The molecule has 0 atom stereocenters. The number of hydrogen-bond acceptors (Lipinski definition) is 3. The number of rotatable bonds is 5. The number of sulfone groups is 1. The van der Waals surface area contributed by atoms with Crippen molar-refractivity contribution in [1.82, 2.24) is 0 Å². The SMILES string of the molecule is Cc1c(CC(=O)O)cc2ccc(F)cc2c1-c1ccc(S(=O)(=O)c2c(F)cccc2F)cc1. The van der Waals surface area contributed by atoms with Gasteiger partial charge in [0, 0.05) is 0 Å². The summed E-state index contributed by atoms with van der Waals surface area (Å²) in [5.41, 5.74) is 2.18. The average Bonchev–Trinajstić information content (AvgIpc) is 2.74. The molecule has 4 nitrogen and oxygen atoms in total. The largest absolute Gasteiger partial charge is 0.481 e. The van der Waals surface area contributed by atoms with Gasteiger partial charge in [-0.3, -0.25) is 4.79 Å². The summed E-state index contributed by atoms with van der Waals surface area (Å²) in [6.45, 7) is 1.71. The molecule has 0 unspecified atom stereocenters. The monoisotopic (exact) mass is 470 g/mol. The van der Waals surface area contributed by atoms with Crippen LogP contribution in [0.2, 0.25) is 0 Å². The Labute approximate surface area is 187 Å². The van der Waals surface area contributed by atoms with E-state index in [0.717, 1.165) is 18.2 Å². The van der Waals surface area contributed by atoms with Gasteiger partial charge in [0.05, 0.1) is 11.3 Å². The molecular formula is C25H17F3O4S. The summed E-state index contributed by atoms with van der Waals surface area (Å²) in [6, 6.07) is 13.9. The zero-order valence-corrected chi connectivity index (χ0v) is 18.1. The first-order valence-electron chi connectivity index (χ1n) is 9.82. The summed E-state index contributed by atoms with van der Waals surface area (Å²) in [6.07, 6.45) is -0.245. The molecule has 0 saturated heterocycles. The molecule has 8 heteroatoms. The molecule has 168 valence electrons. The number of hydrogen-bond donors (Lipinski definition) is 1. The molecule has 0 aromatic heterocycles. The summed E-state index contributed by atoms with van der Waals surface area (Å²) in [5.74, 6) is -3.90. The Morgan fingerprint density at radius 3 is 2.15 bits per heavy atom. The molecule has 0 fully saturated rings. The van der Waals surface area contributed by atoms with Crippen LogP contribution in [0.15, 0.2) is 76.5 Å². The molecule has 0 aliphatic rings. The zero-order valence-electron chi connectivity index (χ0n) is 17.3. The fourth-order valence-corrected chi connectivity index (χ4v) is 5.29. The lowest BCUT2D eigenvalue weighted by atomic mass is 9.89. The van der Waals surface area contributed by atoms with E-state index in [4.69, 9.17) is 0 Å². The molecule has 0 bridgehead atoms. The van der Waals surface area contributed by atoms with E-state index >= 15 is 0 Å². The van der Waals surface area contributed by atoms with Gasteiger partial charge in [0.25, 0.3) is 0 Å². The lowest BCUT2D eigenvalue weighted by Crippen LogP contribution is -2.07. The third-order valence-corrected chi connectivity index (χ3v) is 7.27. The van der Waals surface area contributed by atoms with Gasteiger partial charge >= 0.3 is 5.97 Å². The molecule has 4 rings (SSSR count). The number of aliphatic carboxylic acids is 1. The van der Waals surface area contributed by atoms with Gasteiger partial charge in [-0.1, -0.05) is 30.3 Å². The Morgan fingerprint density at radius 1 is 0.909 bits per heavy atom. The highest BCUT2D eigenvalue weighted by Crippen LogP contribution is 2.36. The maximum absolute atomic E-state index is 14.1. The predicted octanol–water partition coefficient (Wildman–Crippen LogP) is 5.69. The minimum Gasteiger partial charge on any atom is -0.481 e. The first-order chi connectivity index (χ1) is 15.6. The molecule has 0 heterocycles. The summed E-state index contributed by atoms with van der Waals surface area (Å²) >= 11 is 0. The molecule has 4 aromatic carbocycles. The van der Waals surface area contributed by atoms with Crippen LogP contribution >= 0.6 is 0 Å². The molecule has 0 saturated carbocycles. The normalized spacial score (nSPS) is 11.6. The van der Waals surface area contributed by atoms with E-state index in [1.165, 1.54) is 36.4 Å². The van der Waals surface area contributed by atoms with Crippen molar-refractivity contribution in [2.24, 2.45) is 0 Å². The topological polar surface area (TPSA) is 71.4 Å². The molecule has 0 radical (unpaired) electrons. The van der Waals surface area contributed by atoms with Crippen molar-refractivity contribution >= 4 is 26.6 Å². The third-order valence-electron chi connectivity index (χ3n) is 5.45. The Balaban J connectivity index is 1.89. The first-order valence-corrected chi connectivity index (χ1v) is 11.3. The third kappa shape index (κ3) is 4.09. The second-order valence-electron chi connectivity index (χ2n) is 7.55. The van der Waals surface area contributed by atoms with Gasteiger partial charge in [-0.05, 0) is 76.3 Å². The maximum Gasteiger partial charge on any atom is 0.307 e. The first kappa shape index (κ1) is 22.5. The van der Waals surface area contributed by atoms with Gasteiger partial charge in [-0.2, -0.15) is 0 Å². The number of fused-ring (bicyclic) bond motifs is 1. The molecule has 4 aromatic rings. The smallest absolute Gasteiger partial charge is 0.307 e. The second-order valence-corrected chi connectivity index (χ2v) is 9.44. The zero-order chi connectivity index (χ0) is 23.9. The van der Waals surface area contributed by atoms with Gasteiger partial charge in [0.15, 0.2) is 0 Å². The van der Waals surface area contributed by atoms with Gasteiger partial charge in [0.1, 0.15) is 22.3 Å². The summed E-state index contributed by atoms with van der Waals surface area (Å²) in [4.78, 5) is 9.96. The van der Waals surface area contributed by atoms with Crippen LogP contribution in [0.1, 0.15) is 11.1 Å². The minimum absolute atomic E-state index is 0.245. The van der Waals surface area contributed by atoms with E-state index in [-0.39, 0.29) is 11.3 Å². The molecule has 0 spiro atoms. The van der Waals surface area contributed by atoms with Crippen LogP contribution in [0, 0.1) is 24.4 Å². The van der Waals surface area contributed by atoms with Crippen LogP contribution in [-0.2, 0) is 21.1 Å².